The Morgan fingerprint density at radius 1 is 1.26 bits per heavy atom. The van der Waals surface area contributed by atoms with E-state index in [0.29, 0.717) is 17.9 Å². The van der Waals surface area contributed by atoms with Crippen LogP contribution in [0.1, 0.15) is 17.7 Å². The highest BCUT2D eigenvalue weighted by Gasteiger charge is 2.03. The van der Waals surface area contributed by atoms with Crippen molar-refractivity contribution in [3.63, 3.8) is 0 Å². The maximum Gasteiger partial charge on any atom is 0.224 e. The van der Waals surface area contributed by atoms with Gasteiger partial charge in [0.2, 0.25) is 5.91 Å². The molecule has 1 aromatic carbocycles. The van der Waals surface area contributed by atoms with Crippen LogP contribution in [0.15, 0.2) is 42.6 Å². The Hall–Kier alpha value is -1.87. The van der Waals surface area contributed by atoms with Crippen LogP contribution in [-0.4, -0.2) is 10.9 Å². The lowest BCUT2D eigenvalue weighted by molar-refractivity contribution is -0.116. The number of nitrogens with one attached hydrogen (secondary N) is 1. The first-order valence-corrected chi connectivity index (χ1v) is 6.48. The number of benzene rings is 1. The number of aryl methyl sites for hydroxylation is 2. The first-order valence-electron chi connectivity index (χ1n) is 6.10. The molecule has 0 bridgehead atoms. The number of halogens is 1. The Kier molecular flexibility index (Phi) is 4.53. The van der Waals surface area contributed by atoms with E-state index in [2.05, 4.69) is 10.3 Å². The maximum atomic E-state index is 11.8. The van der Waals surface area contributed by atoms with Crippen LogP contribution >= 0.6 is 11.6 Å². The highest BCUT2D eigenvalue weighted by molar-refractivity contribution is 6.30. The number of rotatable bonds is 4. The van der Waals surface area contributed by atoms with E-state index >= 15 is 0 Å². The summed E-state index contributed by atoms with van der Waals surface area (Å²) >= 11 is 5.81. The number of nitrogens with zero attached hydrogens (tertiary/aromatic N) is 1. The molecule has 0 saturated heterocycles. The summed E-state index contributed by atoms with van der Waals surface area (Å²) in [7, 11) is 0. The first-order chi connectivity index (χ1) is 9.13. The third kappa shape index (κ3) is 4.38. The zero-order valence-electron chi connectivity index (χ0n) is 10.7. The molecule has 0 unspecified atom stereocenters. The van der Waals surface area contributed by atoms with Crippen LogP contribution in [-0.2, 0) is 11.2 Å². The quantitative estimate of drug-likeness (QED) is 0.925. The van der Waals surface area contributed by atoms with Gasteiger partial charge in [-0.1, -0.05) is 23.7 Å². The van der Waals surface area contributed by atoms with Crippen LogP contribution < -0.4 is 5.32 Å². The number of anilines is 1. The van der Waals surface area contributed by atoms with Gasteiger partial charge in [-0.2, -0.15) is 0 Å². The average molecular weight is 275 g/mol. The predicted octanol–water partition coefficient (Wildman–Crippen LogP) is 3.61. The molecule has 19 heavy (non-hydrogen) atoms. The van der Waals surface area contributed by atoms with Gasteiger partial charge in [-0.3, -0.25) is 9.78 Å². The minimum absolute atomic E-state index is 0.000509. The van der Waals surface area contributed by atoms with E-state index in [4.69, 9.17) is 11.6 Å². The van der Waals surface area contributed by atoms with Gasteiger partial charge in [0.25, 0.3) is 0 Å². The topological polar surface area (TPSA) is 42.0 Å². The van der Waals surface area contributed by atoms with E-state index in [1.807, 2.05) is 37.3 Å². The fourth-order valence-electron chi connectivity index (χ4n) is 1.76. The van der Waals surface area contributed by atoms with Crippen LogP contribution in [0.3, 0.4) is 0 Å². The van der Waals surface area contributed by atoms with Gasteiger partial charge in [0, 0.05) is 29.0 Å². The van der Waals surface area contributed by atoms with E-state index in [9.17, 15) is 4.79 Å². The maximum absolute atomic E-state index is 11.8. The van der Waals surface area contributed by atoms with Crippen LogP contribution in [0, 0.1) is 6.92 Å². The second-order valence-corrected chi connectivity index (χ2v) is 4.80. The second kappa shape index (κ2) is 6.34. The molecule has 0 aliphatic heterocycles. The molecule has 0 aliphatic rings. The Morgan fingerprint density at radius 2 is 2.00 bits per heavy atom. The lowest BCUT2D eigenvalue weighted by Gasteiger charge is -2.06. The largest absolute Gasteiger partial charge is 0.326 e. The Bertz CT molecular complexity index is 567. The van der Waals surface area contributed by atoms with Crippen molar-refractivity contribution in [3.05, 3.63) is 58.9 Å². The number of hydrogen-bond donors (Lipinski definition) is 1. The Labute approximate surface area is 117 Å². The summed E-state index contributed by atoms with van der Waals surface area (Å²) < 4.78 is 0. The van der Waals surface area contributed by atoms with Crippen LogP contribution in [0.5, 0.6) is 0 Å². The molecule has 0 spiro atoms. The summed E-state index contributed by atoms with van der Waals surface area (Å²) in [5.74, 6) is 0.000509. The number of pyridine rings is 1. The van der Waals surface area contributed by atoms with Crippen molar-refractivity contribution in [2.24, 2.45) is 0 Å². The number of carbonyl (C=O) groups is 1. The zero-order valence-corrected chi connectivity index (χ0v) is 11.4. The number of amides is 1. The summed E-state index contributed by atoms with van der Waals surface area (Å²) in [5.41, 5.74) is 2.77. The van der Waals surface area contributed by atoms with Crippen molar-refractivity contribution in [1.82, 2.24) is 4.98 Å². The van der Waals surface area contributed by atoms with Crippen LogP contribution in [0.2, 0.25) is 5.02 Å². The standard InChI is InChI=1S/C15H15ClN2O/c1-11-10-14(8-9-17-11)18-15(19)7-4-12-2-5-13(16)6-3-12/h2-3,5-6,8-10H,4,7H2,1H3,(H,17,18,19). The van der Waals surface area contributed by atoms with Gasteiger partial charge in [0.05, 0.1) is 0 Å². The molecular weight excluding hydrogens is 260 g/mol. The molecule has 1 aromatic heterocycles. The molecule has 0 aliphatic carbocycles. The summed E-state index contributed by atoms with van der Waals surface area (Å²) in [6, 6.07) is 11.2. The summed E-state index contributed by atoms with van der Waals surface area (Å²) in [5, 5.41) is 3.57. The van der Waals surface area contributed by atoms with E-state index in [1.165, 1.54) is 0 Å². The van der Waals surface area contributed by atoms with Gasteiger partial charge in [0.1, 0.15) is 0 Å². The summed E-state index contributed by atoms with van der Waals surface area (Å²) in [6.07, 6.45) is 2.83. The molecule has 1 N–H and O–H groups in total. The number of carbonyl (C=O) groups excluding carboxylic acids is 1. The minimum atomic E-state index is 0.000509. The van der Waals surface area contributed by atoms with Crippen molar-refractivity contribution in [1.29, 1.82) is 0 Å². The van der Waals surface area contributed by atoms with Gasteiger partial charge in [0.15, 0.2) is 0 Å². The molecule has 0 fully saturated rings. The second-order valence-electron chi connectivity index (χ2n) is 4.36. The molecule has 1 heterocycles. The fraction of sp³-hybridized carbons (Fsp3) is 0.200. The Morgan fingerprint density at radius 3 is 2.68 bits per heavy atom. The summed E-state index contributed by atoms with van der Waals surface area (Å²) in [4.78, 5) is 15.9. The smallest absolute Gasteiger partial charge is 0.224 e. The lowest BCUT2D eigenvalue weighted by atomic mass is 10.1. The zero-order chi connectivity index (χ0) is 13.7. The predicted molar refractivity (Wildman–Crippen MR) is 77.4 cm³/mol. The van der Waals surface area contributed by atoms with E-state index in [-0.39, 0.29) is 5.91 Å². The third-order valence-corrected chi connectivity index (χ3v) is 2.99. The van der Waals surface area contributed by atoms with Crippen molar-refractivity contribution in [2.45, 2.75) is 19.8 Å². The van der Waals surface area contributed by atoms with Gasteiger partial charge in [-0.15, -0.1) is 0 Å². The van der Waals surface area contributed by atoms with Gasteiger partial charge in [-0.25, -0.2) is 0 Å². The molecule has 4 heteroatoms. The number of hydrogen-bond acceptors (Lipinski definition) is 2. The highest BCUT2D eigenvalue weighted by atomic mass is 35.5. The lowest BCUT2D eigenvalue weighted by Crippen LogP contribution is -2.12. The molecule has 0 atom stereocenters. The van der Waals surface area contributed by atoms with E-state index in [1.54, 1.807) is 12.3 Å². The van der Waals surface area contributed by atoms with Crippen molar-refractivity contribution in [2.75, 3.05) is 5.32 Å². The molecule has 1 amide bonds. The molecule has 2 rings (SSSR count). The molecule has 0 radical (unpaired) electrons. The Balaban J connectivity index is 1.86. The minimum Gasteiger partial charge on any atom is -0.326 e. The normalized spacial score (nSPS) is 10.2. The monoisotopic (exact) mass is 274 g/mol. The molecule has 3 nitrogen and oxygen atoms in total. The van der Waals surface area contributed by atoms with Crippen molar-refractivity contribution in [3.8, 4) is 0 Å². The SMILES string of the molecule is Cc1cc(NC(=O)CCc2ccc(Cl)cc2)ccn1. The van der Waals surface area contributed by atoms with Gasteiger partial charge >= 0.3 is 0 Å². The molecule has 2 aromatic rings. The van der Waals surface area contributed by atoms with Crippen LogP contribution in [0.4, 0.5) is 5.69 Å². The van der Waals surface area contributed by atoms with Crippen molar-refractivity contribution < 1.29 is 4.79 Å². The fourth-order valence-corrected chi connectivity index (χ4v) is 1.88. The van der Waals surface area contributed by atoms with Gasteiger partial charge < -0.3 is 5.32 Å². The van der Waals surface area contributed by atoms with E-state index in [0.717, 1.165) is 16.9 Å². The highest BCUT2D eigenvalue weighted by Crippen LogP contribution is 2.12. The van der Waals surface area contributed by atoms with Gasteiger partial charge in [-0.05, 0) is 43.2 Å². The van der Waals surface area contributed by atoms with Crippen LogP contribution in [0.25, 0.3) is 0 Å². The van der Waals surface area contributed by atoms with Crippen molar-refractivity contribution >= 4 is 23.2 Å². The average Bonchev–Trinajstić information content (AvgIpc) is 2.38. The molecular formula is C15H15ClN2O. The van der Waals surface area contributed by atoms with E-state index < -0.39 is 0 Å². The first kappa shape index (κ1) is 13.6. The number of aromatic nitrogens is 1. The molecule has 98 valence electrons. The summed E-state index contributed by atoms with van der Waals surface area (Å²) in [6.45, 7) is 1.89. The third-order valence-electron chi connectivity index (χ3n) is 2.73. The molecule has 0 saturated carbocycles.